The van der Waals surface area contributed by atoms with Crippen molar-refractivity contribution in [2.45, 2.75) is 25.5 Å². The molecule has 1 heterocycles. The Bertz CT molecular complexity index is 882. The van der Waals surface area contributed by atoms with E-state index in [1.54, 1.807) is 11.8 Å². The van der Waals surface area contributed by atoms with Gasteiger partial charge in [0, 0.05) is 5.75 Å². The van der Waals surface area contributed by atoms with Gasteiger partial charge in [-0.15, -0.1) is 11.8 Å². The van der Waals surface area contributed by atoms with E-state index in [9.17, 15) is 4.79 Å². The van der Waals surface area contributed by atoms with E-state index in [4.69, 9.17) is 19.3 Å². The quantitative estimate of drug-likeness (QED) is 0.638. The minimum absolute atomic E-state index is 0.434. The highest BCUT2D eigenvalue weighted by atomic mass is 32.2. The maximum Gasteiger partial charge on any atom is 0.438 e. The fourth-order valence-corrected chi connectivity index (χ4v) is 3.70. The lowest BCUT2D eigenvalue weighted by molar-refractivity contribution is 0.115. The number of ether oxygens (including phenoxy) is 2. The van der Waals surface area contributed by atoms with Gasteiger partial charge in [0.15, 0.2) is 0 Å². The van der Waals surface area contributed by atoms with E-state index in [1.165, 1.54) is 19.8 Å². The topological polar surface area (TPSA) is 60.4 Å². The zero-order valence-corrected chi connectivity index (χ0v) is 17.3. The third kappa shape index (κ3) is 4.48. The summed E-state index contributed by atoms with van der Waals surface area (Å²) >= 11 is 1.58. The van der Waals surface area contributed by atoms with Crippen molar-refractivity contribution in [3.05, 3.63) is 53.6 Å². The number of carbonyl (C=O) groups is 1. The van der Waals surface area contributed by atoms with Crippen molar-refractivity contribution in [1.29, 1.82) is 0 Å². The summed E-state index contributed by atoms with van der Waals surface area (Å²) in [5, 5.41) is 2.03. The summed E-state index contributed by atoms with van der Waals surface area (Å²) in [6, 6.07) is 13.7. The molecule has 0 aliphatic carbocycles. The van der Waals surface area contributed by atoms with Crippen LogP contribution in [0.3, 0.4) is 0 Å². The summed E-state index contributed by atoms with van der Waals surface area (Å²) in [5.41, 5.74) is 3.67. The molecule has 0 radical (unpaired) electrons. The van der Waals surface area contributed by atoms with Gasteiger partial charge in [-0.2, -0.15) is 5.06 Å². The lowest BCUT2D eigenvalue weighted by atomic mass is 10.0. The molecule has 0 N–H and O–H groups in total. The number of anilines is 1. The molecule has 7 heteroatoms. The van der Waals surface area contributed by atoms with Crippen LogP contribution in [-0.4, -0.2) is 32.0 Å². The van der Waals surface area contributed by atoms with E-state index >= 15 is 0 Å². The van der Waals surface area contributed by atoms with Crippen LogP contribution in [-0.2, 0) is 15.3 Å². The lowest BCUT2D eigenvalue weighted by Gasteiger charge is -2.21. The van der Waals surface area contributed by atoms with Crippen LogP contribution in [0, 0.1) is 0 Å². The van der Waals surface area contributed by atoms with Gasteiger partial charge in [-0.1, -0.05) is 38.1 Å². The first-order chi connectivity index (χ1) is 13.5. The molecule has 0 saturated carbocycles. The van der Waals surface area contributed by atoms with E-state index < -0.39 is 6.09 Å². The molecule has 0 aromatic heterocycles. The van der Waals surface area contributed by atoms with Crippen molar-refractivity contribution in [2.24, 2.45) is 4.99 Å². The second-order valence-corrected chi connectivity index (χ2v) is 7.59. The van der Waals surface area contributed by atoms with Gasteiger partial charge in [0.25, 0.3) is 0 Å². The highest BCUT2D eigenvalue weighted by Crippen LogP contribution is 2.36. The zero-order chi connectivity index (χ0) is 20.1. The first-order valence-corrected chi connectivity index (χ1v) is 9.99. The number of fused-ring (bicyclic) bond motifs is 1. The molecule has 1 aliphatic rings. The van der Waals surface area contributed by atoms with Crippen LogP contribution in [0.4, 0.5) is 16.2 Å². The number of amides is 1. The molecule has 0 saturated heterocycles. The Hall–Kier alpha value is -2.51. The number of hydroxylamine groups is 1. The van der Waals surface area contributed by atoms with E-state index in [0.717, 1.165) is 27.1 Å². The Kier molecular flexibility index (Phi) is 6.59. The van der Waals surface area contributed by atoms with Crippen LogP contribution in [0.25, 0.3) is 0 Å². The zero-order valence-electron chi connectivity index (χ0n) is 16.5. The molecule has 0 unspecified atom stereocenters. The Morgan fingerprint density at radius 1 is 1.25 bits per heavy atom. The molecule has 0 bridgehead atoms. The molecular weight excluding hydrogens is 376 g/mol. The fraction of sp³-hybridized carbons (Fsp3) is 0.333. The number of hydrogen-bond donors (Lipinski definition) is 0. The lowest BCUT2D eigenvalue weighted by Crippen LogP contribution is -2.30. The van der Waals surface area contributed by atoms with Gasteiger partial charge in [-0.05, 0) is 35.2 Å². The predicted molar refractivity (Wildman–Crippen MR) is 113 cm³/mol. The van der Waals surface area contributed by atoms with Crippen molar-refractivity contribution >= 4 is 34.3 Å². The third-order valence-corrected chi connectivity index (χ3v) is 5.37. The number of hydrogen-bond acceptors (Lipinski definition) is 6. The maximum absolute atomic E-state index is 12.0. The average Bonchev–Trinajstić information content (AvgIpc) is 2.72. The van der Waals surface area contributed by atoms with E-state index in [0.29, 0.717) is 24.0 Å². The van der Waals surface area contributed by atoms with Crippen LogP contribution in [0.1, 0.15) is 30.9 Å². The predicted octanol–water partition coefficient (Wildman–Crippen LogP) is 5.30. The van der Waals surface area contributed by atoms with E-state index in [-0.39, 0.29) is 0 Å². The monoisotopic (exact) mass is 400 g/mol. The number of methoxy groups -OCH3 is 1. The van der Waals surface area contributed by atoms with Gasteiger partial charge in [0.1, 0.15) is 23.1 Å². The highest BCUT2D eigenvalue weighted by Gasteiger charge is 2.20. The highest BCUT2D eigenvalue weighted by molar-refractivity contribution is 8.13. The van der Waals surface area contributed by atoms with Gasteiger partial charge in [-0.3, -0.25) is 4.84 Å². The minimum atomic E-state index is -0.576. The molecule has 2 aromatic carbocycles. The normalized spacial score (nSPS) is 12.8. The van der Waals surface area contributed by atoms with Crippen LogP contribution >= 0.6 is 11.8 Å². The molecule has 0 atom stereocenters. The van der Waals surface area contributed by atoms with Crippen molar-refractivity contribution in [3.63, 3.8) is 0 Å². The van der Waals surface area contributed by atoms with Gasteiger partial charge in [0.05, 0.1) is 19.9 Å². The molecular formula is C21H24N2O4S. The summed E-state index contributed by atoms with van der Waals surface area (Å²) in [6.45, 7) is 4.75. The van der Waals surface area contributed by atoms with Crippen LogP contribution in [0.5, 0.6) is 5.75 Å². The van der Waals surface area contributed by atoms with Gasteiger partial charge in [-0.25, -0.2) is 9.79 Å². The Labute approximate surface area is 169 Å². The second-order valence-electron chi connectivity index (χ2n) is 6.54. The summed E-state index contributed by atoms with van der Waals surface area (Å²) in [6.07, 6.45) is -0.576. The maximum atomic E-state index is 12.0. The van der Waals surface area contributed by atoms with Crippen LogP contribution in [0.2, 0.25) is 0 Å². The molecule has 148 valence electrons. The molecule has 2 aromatic rings. The minimum Gasteiger partial charge on any atom is -0.484 e. The van der Waals surface area contributed by atoms with Crippen molar-refractivity contribution in [1.82, 2.24) is 0 Å². The molecule has 3 rings (SSSR count). The smallest absolute Gasteiger partial charge is 0.438 e. The molecule has 6 nitrogen and oxygen atoms in total. The number of rotatable bonds is 5. The van der Waals surface area contributed by atoms with Crippen LogP contribution < -0.4 is 9.80 Å². The summed E-state index contributed by atoms with van der Waals surface area (Å²) in [7, 11) is 2.76. The first-order valence-electron chi connectivity index (χ1n) is 9.00. The van der Waals surface area contributed by atoms with Crippen molar-refractivity contribution < 1.29 is 19.1 Å². The number of aliphatic imine (C=N–C) groups is 1. The molecule has 1 aliphatic heterocycles. The Morgan fingerprint density at radius 2 is 2.04 bits per heavy atom. The largest absolute Gasteiger partial charge is 0.484 e. The fourth-order valence-electron chi connectivity index (χ4n) is 2.83. The van der Waals surface area contributed by atoms with Crippen molar-refractivity contribution in [2.75, 3.05) is 25.9 Å². The Balaban J connectivity index is 1.78. The van der Waals surface area contributed by atoms with Gasteiger partial charge in [0.2, 0.25) is 0 Å². The molecule has 1 amide bonds. The average molecular weight is 401 g/mol. The number of para-hydroxylation sites is 1. The van der Waals surface area contributed by atoms with Gasteiger partial charge < -0.3 is 9.47 Å². The standard InChI is InChI=1S/C21H24N2O4S/c1-14(2)15-9-10-19-17(11-15)22-20(12-27-19)28-13-16-7-5-6-8-18(16)23(26-4)21(24)25-3/h5-11,14H,12-13H2,1-4H3. The first kappa shape index (κ1) is 20.2. The number of benzene rings is 2. The molecule has 28 heavy (non-hydrogen) atoms. The van der Waals surface area contributed by atoms with E-state index in [2.05, 4.69) is 26.0 Å². The molecule has 0 spiro atoms. The summed E-state index contributed by atoms with van der Waals surface area (Å²) < 4.78 is 10.6. The van der Waals surface area contributed by atoms with E-state index in [1.807, 2.05) is 30.3 Å². The SMILES string of the molecule is COC(=O)N(OC)c1ccccc1CSC1=Nc2cc(C(C)C)ccc2OC1. The third-order valence-electron chi connectivity index (χ3n) is 4.37. The number of nitrogens with zero attached hydrogens (tertiary/aromatic N) is 2. The second kappa shape index (κ2) is 9.12. The van der Waals surface area contributed by atoms with Gasteiger partial charge >= 0.3 is 6.09 Å². The molecule has 0 fully saturated rings. The number of thioether (sulfide) groups is 1. The summed E-state index contributed by atoms with van der Waals surface area (Å²) in [4.78, 5) is 21.9. The van der Waals surface area contributed by atoms with Crippen LogP contribution in [0.15, 0.2) is 47.5 Å². The Morgan fingerprint density at radius 3 is 2.75 bits per heavy atom. The number of carbonyl (C=O) groups excluding carboxylic acids is 1. The van der Waals surface area contributed by atoms with Crippen molar-refractivity contribution in [3.8, 4) is 5.75 Å². The summed E-state index contributed by atoms with van der Waals surface area (Å²) in [5.74, 6) is 1.86.